The maximum absolute atomic E-state index is 14.9. The van der Waals surface area contributed by atoms with Crippen LogP contribution in [0.5, 0.6) is 0 Å². The van der Waals surface area contributed by atoms with Crippen molar-refractivity contribution in [1.82, 2.24) is 10.2 Å². The van der Waals surface area contributed by atoms with Gasteiger partial charge in [-0.3, -0.25) is 13.9 Å². The predicted octanol–water partition coefficient (Wildman–Crippen LogP) is 5.33. The van der Waals surface area contributed by atoms with E-state index in [-0.39, 0.29) is 23.4 Å². The van der Waals surface area contributed by atoms with Gasteiger partial charge < -0.3 is 10.2 Å². The third-order valence-corrected chi connectivity index (χ3v) is 9.32. The maximum atomic E-state index is 14.9. The second kappa shape index (κ2) is 13.6. The lowest BCUT2D eigenvalue weighted by molar-refractivity contribution is -0.139. The molecular weight excluding hydrogens is 565 g/mol. The average Bonchev–Trinajstić information content (AvgIpc) is 3.00. The Hall–Kier alpha value is -4.50. The molecule has 9 heteroatoms. The summed E-state index contributed by atoms with van der Waals surface area (Å²) in [6, 6.07) is 25.8. The fourth-order valence-electron chi connectivity index (χ4n) is 4.89. The molecule has 4 rings (SSSR count). The molecule has 0 unspecified atom stereocenters. The lowest BCUT2D eigenvalue weighted by Crippen LogP contribution is -2.53. The molecule has 0 aliphatic rings. The molecular formula is C34H36FN3O4S. The smallest absolute Gasteiger partial charge is 0.264 e. The number of halogens is 1. The minimum Gasteiger partial charge on any atom is -0.357 e. The summed E-state index contributed by atoms with van der Waals surface area (Å²) in [5.41, 5.74) is 3.78. The van der Waals surface area contributed by atoms with Crippen LogP contribution in [0.15, 0.2) is 102 Å². The zero-order chi connectivity index (χ0) is 31.1. The first-order valence-electron chi connectivity index (χ1n) is 14.0. The molecule has 43 heavy (non-hydrogen) atoms. The molecule has 4 aromatic carbocycles. The molecule has 0 heterocycles. The molecule has 1 N–H and O–H groups in total. The van der Waals surface area contributed by atoms with Gasteiger partial charge in [0.05, 0.1) is 10.6 Å². The van der Waals surface area contributed by atoms with Crippen LogP contribution in [-0.4, -0.2) is 44.8 Å². The van der Waals surface area contributed by atoms with Gasteiger partial charge in [-0.15, -0.1) is 0 Å². The standard InChI is InChI=1S/C34H36FN3O4S/c1-24-17-19-29(20-18-24)43(41,42)38(31-16-10-11-25(2)26(31)3)23-33(39)37(22-28-14-8-9-15-30(28)35)32(34(40)36-4)21-27-12-6-5-7-13-27/h5-20,32H,21-23H2,1-4H3,(H,36,40)/t32-/m1/s1. The highest BCUT2D eigenvalue weighted by atomic mass is 32.2. The molecule has 0 bridgehead atoms. The molecule has 4 aromatic rings. The van der Waals surface area contributed by atoms with E-state index in [0.29, 0.717) is 11.3 Å². The van der Waals surface area contributed by atoms with Crippen molar-refractivity contribution >= 4 is 27.5 Å². The topological polar surface area (TPSA) is 86.8 Å². The van der Waals surface area contributed by atoms with Gasteiger partial charge in [-0.1, -0.05) is 78.4 Å². The van der Waals surface area contributed by atoms with Crippen LogP contribution in [0.25, 0.3) is 0 Å². The van der Waals surface area contributed by atoms with Crippen LogP contribution < -0.4 is 9.62 Å². The molecule has 7 nitrogen and oxygen atoms in total. The number of rotatable bonds is 11. The van der Waals surface area contributed by atoms with Gasteiger partial charge in [0.15, 0.2) is 0 Å². The molecule has 0 aromatic heterocycles. The van der Waals surface area contributed by atoms with E-state index in [1.807, 2.05) is 50.2 Å². The van der Waals surface area contributed by atoms with Gasteiger partial charge in [0.2, 0.25) is 11.8 Å². The number of carbonyl (C=O) groups excluding carboxylic acids is 2. The van der Waals surface area contributed by atoms with E-state index in [2.05, 4.69) is 5.32 Å². The summed E-state index contributed by atoms with van der Waals surface area (Å²) in [6.07, 6.45) is 0.148. The summed E-state index contributed by atoms with van der Waals surface area (Å²) in [5.74, 6) is -1.63. The minimum absolute atomic E-state index is 0.0274. The molecule has 1 atom stereocenters. The monoisotopic (exact) mass is 601 g/mol. The molecule has 0 spiro atoms. The molecule has 224 valence electrons. The third kappa shape index (κ3) is 7.29. The average molecular weight is 602 g/mol. The highest BCUT2D eigenvalue weighted by Crippen LogP contribution is 2.29. The van der Waals surface area contributed by atoms with Crippen molar-refractivity contribution in [3.63, 3.8) is 0 Å². The number of hydrogen-bond donors (Lipinski definition) is 1. The van der Waals surface area contributed by atoms with Crippen LogP contribution in [-0.2, 0) is 32.6 Å². The Kier molecular flexibility index (Phi) is 9.98. The van der Waals surface area contributed by atoms with E-state index in [0.717, 1.165) is 21.0 Å². The molecule has 0 aliphatic carbocycles. The van der Waals surface area contributed by atoms with Crippen LogP contribution >= 0.6 is 0 Å². The van der Waals surface area contributed by atoms with Crippen molar-refractivity contribution in [2.45, 2.75) is 44.7 Å². The normalized spacial score (nSPS) is 11.9. The van der Waals surface area contributed by atoms with Crippen molar-refractivity contribution in [3.05, 3.63) is 131 Å². The van der Waals surface area contributed by atoms with Crippen molar-refractivity contribution < 1.29 is 22.4 Å². The molecule has 0 aliphatic heterocycles. The Labute approximate surface area is 253 Å². The summed E-state index contributed by atoms with van der Waals surface area (Å²) in [7, 11) is -2.75. The number of nitrogens with zero attached hydrogens (tertiary/aromatic N) is 2. The number of aryl methyl sites for hydroxylation is 2. The summed E-state index contributed by atoms with van der Waals surface area (Å²) in [4.78, 5) is 29.0. The first-order chi connectivity index (χ1) is 20.5. The van der Waals surface area contributed by atoms with Gasteiger partial charge in [-0.25, -0.2) is 12.8 Å². The van der Waals surface area contributed by atoms with Gasteiger partial charge in [-0.05, 0) is 61.7 Å². The van der Waals surface area contributed by atoms with Crippen LogP contribution in [0.4, 0.5) is 10.1 Å². The van der Waals surface area contributed by atoms with Gasteiger partial charge >= 0.3 is 0 Å². The number of nitrogens with one attached hydrogen (secondary N) is 1. The van der Waals surface area contributed by atoms with Gasteiger partial charge in [-0.2, -0.15) is 0 Å². The van der Waals surface area contributed by atoms with E-state index in [1.54, 1.807) is 49.4 Å². The van der Waals surface area contributed by atoms with Crippen molar-refractivity contribution in [1.29, 1.82) is 0 Å². The van der Waals surface area contributed by atoms with Crippen LogP contribution in [0.1, 0.15) is 27.8 Å². The summed E-state index contributed by atoms with van der Waals surface area (Å²) in [5, 5.41) is 2.63. The molecule has 0 radical (unpaired) electrons. The number of amides is 2. The fraction of sp³-hybridized carbons (Fsp3) is 0.235. The van der Waals surface area contributed by atoms with Crippen LogP contribution in [0.2, 0.25) is 0 Å². The summed E-state index contributed by atoms with van der Waals surface area (Å²) in [6.45, 7) is 4.68. The molecule has 0 fully saturated rings. The Bertz CT molecular complexity index is 1690. The third-order valence-electron chi connectivity index (χ3n) is 7.55. The highest BCUT2D eigenvalue weighted by molar-refractivity contribution is 7.92. The Morgan fingerprint density at radius 3 is 2.14 bits per heavy atom. The minimum atomic E-state index is -4.22. The summed E-state index contributed by atoms with van der Waals surface area (Å²) < 4.78 is 44.3. The van der Waals surface area contributed by atoms with Gasteiger partial charge in [0, 0.05) is 25.6 Å². The van der Waals surface area contributed by atoms with E-state index < -0.39 is 40.2 Å². The summed E-state index contributed by atoms with van der Waals surface area (Å²) >= 11 is 0. The number of anilines is 1. The number of carbonyl (C=O) groups is 2. The van der Waals surface area contributed by atoms with Crippen LogP contribution in [0.3, 0.4) is 0 Å². The van der Waals surface area contributed by atoms with E-state index >= 15 is 0 Å². The van der Waals surface area contributed by atoms with E-state index in [9.17, 15) is 22.4 Å². The highest BCUT2D eigenvalue weighted by Gasteiger charge is 2.35. The number of sulfonamides is 1. The van der Waals surface area contributed by atoms with Gasteiger partial charge in [0.25, 0.3) is 10.0 Å². The fourth-order valence-corrected chi connectivity index (χ4v) is 6.36. The zero-order valence-corrected chi connectivity index (χ0v) is 25.6. The van der Waals surface area contributed by atoms with E-state index in [1.165, 1.54) is 30.1 Å². The second-order valence-electron chi connectivity index (χ2n) is 10.5. The first kappa shape index (κ1) is 31.4. The largest absolute Gasteiger partial charge is 0.357 e. The van der Waals surface area contributed by atoms with Crippen molar-refractivity contribution in [2.24, 2.45) is 0 Å². The Balaban J connectivity index is 1.83. The SMILES string of the molecule is CNC(=O)[C@@H](Cc1ccccc1)N(Cc1ccccc1F)C(=O)CN(c1cccc(C)c1C)S(=O)(=O)c1ccc(C)cc1. The first-order valence-corrected chi connectivity index (χ1v) is 15.4. The van der Waals surface area contributed by atoms with E-state index in [4.69, 9.17) is 0 Å². The lowest BCUT2D eigenvalue weighted by atomic mass is 10.0. The quantitative estimate of drug-likeness (QED) is 0.252. The van der Waals surface area contributed by atoms with Crippen molar-refractivity contribution in [3.8, 4) is 0 Å². The Morgan fingerprint density at radius 2 is 1.49 bits per heavy atom. The lowest BCUT2D eigenvalue weighted by Gasteiger charge is -2.34. The molecule has 0 saturated carbocycles. The zero-order valence-electron chi connectivity index (χ0n) is 24.7. The predicted molar refractivity (Wildman–Crippen MR) is 167 cm³/mol. The maximum Gasteiger partial charge on any atom is 0.264 e. The van der Waals surface area contributed by atoms with Crippen LogP contribution in [0, 0.1) is 26.6 Å². The van der Waals surface area contributed by atoms with Gasteiger partial charge in [0.1, 0.15) is 18.4 Å². The molecule has 2 amide bonds. The number of hydrogen-bond acceptors (Lipinski definition) is 4. The second-order valence-corrected chi connectivity index (χ2v) is 12.3. The Morgan fingerprint density at radius 1 is 0.837 bits per heavy atom. The number of benzene rings is 4. The molecule has 0 saturated heterocycles. The van der Waals surface area contributed by atoms with Crippen molar-refractivity contribution in [2.75, 3.05) is 17.9 Å². The number of likely N-dealkylation sites (N-methyl/N-ethyl adjacent to an activating group) is 1.